The van der Waals surface area contributed by atoms with Crippen molar-refractivity contribution in [2.24, 2.45) is 23.2 Å². The highest BCUT2D eigenvalue weighted by Gasteiger charge is 2.60. The van der Waals surface area contributed by atoms with Crippen LogP contribution in [0.3, 0.4) is 0 Å². The summed E-state index contributed by atoms with van der Waals surface area (Å²) >= 11 is 0. The van der Waals surface area contributed by atoms with E-state index in [1.165, 1.54) is 13.4 Å². The fraction of sp³-hybridized carbons (Fsp3) is 0.706. The summed E-state index contributed by atoms with van der Waals surface area (Å²) in [6, 6.07) is 0. The SMILES string of the molecule is CO/C=C1\[C@H]2C(OS(=O)(=O)C(F)(F)F)=C(C(=O)OC)[C@]1(C)CC[C@@H]2C(C)C. The zero-order valence-electron chi connectivity index (χ0n) is 15.7. The normalized spacial score (nSPS) is 30.0. The number of carbonyl (C=O) groups excluding carboxylic acids is 1. The third-order valence-corrected chi connectivity index (χ3v) is 6.40. The Morgan fingerprint density at radius 2 is 1.89 bits per heavy atom. The van der Waals surface area contributed by atoms with E-state index in [9.17, 15) is 26.4 Å². The van der Waals surface area contributed by atoms with E-state index < -0.39 is 38.7 Å². The number of esters is 1. The smallest absolute Gasteiger partial charge is 0.504 e. The van der Waals surface area contributed by atoms with Gasteiger partial charge in [0.1, 0.15) is 5.76 Å². The highest BCUT2D eigenvalue weighted by Crippen LogP contribution is 2.62. The van der Waals surface area contributed by atoms with E-state index >= 15 is 0 Å². The lowest BCUT2D eigenvalue weighted by molar-refractivity contribution is -0.137. The van der Waals surface area contributed by atoms with Crippen LogP contribution in [-0.2, 0) is 28.6 Å². The molecular formula is C17H23F3O6S. The van der Waals surface area contributed by atoms with Crippen molar-refractivity contribution in [1.82, 2.24) is 0 Å². The summed E-state index contributed by atoms with van der Waals surface area (Å²) in [4.78, 5) is 12.4. The van der Waals surface area contributed by atoms with E-state index in [0.29, 0.717) is 18.4 Å². The molecule has 2 aliphatic rings. The summed E-state index contributed by atoms with van der Waals surface area (Å²) in [7, 11) is -3.49. The average Bonchev–Trinajstić information content (AvgIpc) is 2.67. The van der Waals surface area contributed by atoms with Gasteiger partial charge < -0.3 is 13.7 Å². The van der Waals surface area contributed by atoms with Crippen molar-refractivity contribution in [2.45, 2.75) is 39.1 Å². The minimum Gasteiger partial charge on any atom is -0.504 e. The zero-order valence-corrected chi connectivity index (χ0v) is 16.5. The van der Waals surface area contributed by atoms with Gasteiger partial charge in [0.25, 0.3) is 0 Å². The van der Waals surface area contributed by atoms with Crippen molar-refractivity contribution < 1.29 is 40.0 Å². The summed E-state index contributed by atoms with van der Waals surface area (Å²) in [5.74, 6) is -2.47. The standard InChI is InChI=1S/C17H23F3O6S/c1-9(2)10-6-7-16(3)11(8-24-4)12(10)14(13(16)15(21)25-5)26-27(22,23)17(18,19)20/h8-10,12H,6-7H2,1-5H3/b11-8+/t10-,12+,16-/m1/s1. The number of carbonyl (C=O) groups is 1. The summed E-state index contributed by atoms with van der Waals surface area (Å²) < 4.78 is 76.7. The van der Waals surface area contributed by atoms with Crippen LogP contribution in [0.5, 0.6) is 0 Å². The molecule has 3 atom stereocenters. The third kappa shape index (κ3) is 3.43. The molecule has 2 bridgehead atoms. The van der Waals surface area contributed by atoms with Gasteiger partial charge in [0.2, 0.25) is 0 Å². The van der Waals surface area contributed by atoms with Crippen LogP contribution < -0.4 is 0 Å². The lowest BCUT2D eigenvalue weighted by Crippen LogP contribution is -2.34. The molecule has 2 aliphatic carbocycles. The van der Waals surface area contributed by atoms with Gasteiger partial charge in [-0.3, -0.25) is 0 Å². The number of hydrogen-bond donors (Lipinski definition) is 0. The highest BCUT2D eigenvalue weighted by molar-refractivity contribution is 7.87. The summed E-state index contributed by atoms with van der Waals surface area (Å²) in [5, 5.41) is 0. The topological polar surface area (TPSA) is 78.9 Å². The van der Waals surface area contributed by atoms with Crippen molar-refractivity contribution in [2.75, 3.05) is 14.2 Å². The molecule has 1 fully saturated rings. The van der Waals surface area contributed by atoms with Gasteiger partial charge in [-0.25, -0.2) is 4.79 Å². The predicted octanol–water partition coefficient (Wildman–Crippen LogP) is 3.51. The molecule has 0 heterocycles. The van der Waals surface area contributed by atoms with Crippen molar-refractivity contribution in [3.05, 3.63) is 23.2 Å². The van der Waals surface area contributed by atoms with Crippen molar-refractivity contribution in [3.63, 3.8) is 0 Å². The number of allylic oxidation sites excluding steroid dienone is 1. The summed E-state index contributed by atoms with van der Waals surface area (Å²) in [5.41, 5.74) is -6.33. The van der Waals surface area contributed by atoms with Gasteiger partial charge in [-0.15, -0.1) is 0 Å². The van der Waals surface area contributed by atoms with Crippen LogP contribution in [0, 0.1) is 23.2 Å². The van der Waals surface area contributed by atoms with Crippen molar-refractivity contribution in [1.29, 1.82) is 0 Å². The lowest BCUT2D eigenvalue weighted by atomic mass is 9.63. The zero-order chi connectivity index (χ0) is 20.8. The third-order valence-electron chi connectivity index (χ3n) is 5.43. The maximum absolute atomic E-state index is 12.9. The molecule has 27 heavy (non-hydrogen) atoms. The monoisotopic (exact) mass is 412 g/mol. The van der Waals surface area contributed by atoms with Crippen molar-refractivity contribution >= 4 is 16.1 Å². The highest BCUT2D eigenvalue weighted by atomic mass is 32.2. The second kappa shape index (κ2) is 7.03. The van der Waals surface area contributed by atoms with Crippen LogP contribution in [0.15, 0.2) is 23.2 Å². The molecule has 0 spiro atoms. The molecule has 0 aromatic rings. The van der Waals surface area contributed by atoms with E-state index in [-0.39, 0.29) is 17.4 Å². The predicted molar refractivity (Wildman–Crippen MR) is 89.4 cm³/mol. The van der Waals surface area contributed by atoms with Crippen LogP contribution in [0.4, 0.5) is 13.2 Å². The Morgan fingerprint density at radius 1 is 1.30 bits per heavy atom. The first-order chi connectivity index (χ1) is 12.3. The Labute approximate surface area is 156 Å². The van der Waals surface area contributed by atoms with Crippen LogP contribution in [-0.4, -0.2) is 34.1 Å². The second-order valence-corrected chi connectivity index (χ2v) is 8.82. The number of methoxy groups -OCH3 is 2. The quantitative estimate of drug-likeness (QED) is 0.298. The van der Waals surface area contributed by atoms with Crippen LogP contribution in [0.1, 0.15) is 33.6 Å². The molecule has 6 nitrogen and oxygen atoms in total. The molecule has 0 saturated heterocycles. The van der Waals surface area contributed by atoms with E-state index in [0.717, 1.165) is 7.11 Å². The van der Waals surface area contributed by atoms with E-state index in [4.69, 9.17) is 9.47 Å². The Hall–Kier alpha value is -1.71. The van der Waals surface area contributed by atoms with E-state index in [1.54, 1.807) is 6.92 Å². The van der Waals surface area contributed by atoms with E-state index in [2.05, 4.69) is 4.18 Å². The first-order valence-corrected chi connectivity index (χ1v) is 9.79. The number of fused-ring (bicyclic) bond motifs is 2. The van der Waals surface area contributed by atoms with Gasteiger partial charge in [-0.1, -0.05) is 20.8 Å². The van der Waals surface area contributed by atoms with Gasteiger partial charge in [-0.05, 0) is 30.3 Å². The Kier molecular flexibility index (Phi) is 5.62. The average molecular weight is 412 g/mol. The first-order valence-electron chi connectivity index (χ1n) is 8.38. The lowest BCUT2D eigenvalue weighted by Gasteiger charge is -2.40. The molecule has 0 aromatic heterocycles. The molecule has 0 aliphatic heterocycles. The maximum atomic E-state index is 12.9. The molecule has 154 valence electrons. The van der Waals surface area contributed by atoms with E-state index in [1.807, 2.05) is 13.8 Å². The molecule has 0 radical (unpaired) electrons. The Morgan fingerprint density at radius 3 is 2.33 bits per heavy atom. The number of ether oxygens (including phenoxy) is 2. The fourth-order valence-corrected chi connectivity index (χ4v) is 4.63. The molecule has 0 amide bonds. The molecule has 0 aromatic carbocycles. The second-order valence-electron chi connectivity index (χ2n) is 7.28. The van der Waals surface area contributed by atoms with Gasteiger partial charge in [0, 0.05) is 11.3 Å². The number of halogens is 3. The molecule has 0 N–H and O–H groups in total. The number of hydrogen-bond acceptors (Lipinski definition) is 6. The Bertz CT molecular complexity index is 781. The Balaban J connectivity index is 2.75. The van der Waals surface area contributed by atoms with Gasteiger partial charge in [0.15, 0.2) is 0 Å². The molecule has 10 heteroatoms. The van der Waals surface area contributed by atoms with Crippen LogP contribution in [0.25, 0.3) is 0 Å². The molecular weight excluding hydrogens is 389 g/mol. The molecule has 1 saturated carbocycles. The molecule has 0 unspecified atom stereocenters. The first kappa shape index (κ1) is 21.6. The maximum Gasteiger partial charge on any atom is 0.534 e. The molecule has 2 rings (SSSR count). The summed E-state index contributed by atoms with van der Waals surface area (Å²) in [6.07, 6.45) is 2.36. The van der Waals surface area contributed by atoms with Crippen LogP contribution >= 0.6 is 0 Å². The van der Waals surface area contributed by atoms with Gasteiger partial charge in [0.05, 0.1) is 26.1 Å². The minimum atomic E-state index is -5.94. The number of alkyl halides is 3. The minimum absolute atomic E-state index is 0.00370. The summed E-state index contributed by atoms with van der Waals surface area (Å²) in [6.45, 7) is 5.41. The van der Waals surface area contributed by atoms with Gasteiger partial charge >= 0.3 is 21.6 Å². The van der Waals surface area contributed by atoms with Crippen molar-refractivity contribution in [3.8, 4) is 0 Å². The fourth-order valence-electron chi connectivity index (χ4n) is 4.11. The number of rotatable bonds is 5. The van der Waals surface area contributed by atoms with Crippen LogP contribution in [0.2, 0.25) is 0 Å². The largest absolute Gasteiger partial charge is 0.534 e. The van der Waals surface area contributed by atoms with Gasteiger partial charge in [-0.2, -0.15) is 21.6 Å².